The van der Waals surface area contributed by atoms with Gasteiger partial charge in [-0.3, -0.25) is 14.2 Å². The Morgan fingerprint density at radius 2 is 2.00 bits per heavy atom. The van der Waals surface area contributed by atoms with Gasteiger partial charge in [0.25, 0.3) is 0 Å². The zero-order chi connectivity index (χ0) is 18.6. The maximum Gasteiger partial charge on any atom is 0.351 e. The fourth-order valence-electron chi connectivity index (χ4n) is 2.39. The lowest BCUT2D eigenvalue weighted by Gasteiger charge is -2.17. The molecule has 11 heteroatoms. The van der Waals surface area contributed by atoms with Gasteiger partial charge in [-0.05, 0) is 12.5 Å². The second-order valence-corrected chi connectivity index (χ2v) is 5.53. The summed E-state index contributed by atoms with van der Waals surface area (Å²) in [6, 6.07) is 1.30. The molecule has 0 aromatic carbocycles. The van der Waals surface area contributed by atoms with Crippen LogP contribution in [0.25, 0.3) is 0 Å². The van der Waals surface area contributed by atoms with E-state index in [1.807, 2.05) is 0 Å². The van der Waals surface area contributed by atoms with E-state index >= 15 is 0 Å². The van der Waals surface area contributed by atoms with E-state index in [1.54, 1.807) is 0 Å². The maximum atomic E-state index is 12.0. The number of carboxylic acid groups (broad SMARTS) is 1. The highest BCUT2D eigenvalue weighted by molar-refractivity contribution is 5.89. The zero-order valence-corrected chi connectivity index (χ0v) is 13.1. The second kappa shape index (κ2) is 8.16. The fraction of sp³-hybridized carbons (Fsp3) is 0.571. The molecule has 1 aromatic heterocycles. The van der Waals surface area contributed by atoms with Gasteiger partial charge < -0.3 is 30.5 Å². The number of carbonyl (C=O) groups excluding carboxylic acids is 1. The Balaban J connectivity index is 2.02. The molecule has 0 bridgehead atoms. The summed E-state index contributed by atoms with van der Waals surface area (Å²) in [4.78, 5) is 37.7. The maximum absolute atomic E-state index is 12.0. The largest absolute Gasteiger partial charge is 0.481 e. The van der Waals surface area contributed by atoms with Crippen LogP contribution in [0.1, 0.15) is 25.5 Å². The van der Waals surface area contributed by atoms with E-state index in [4.69, 9.17) is 14.9 Å². The highest BCUT2D eigenvalue weighted by Gasteiger charge is 2.43. The van der Waals surface area contributed by atoms with Gasteiger partial charge in [0.15, 0.2) is 6.23 Å². The predicted octanol–water partition coefficient (Wildman–Crippen LogP) is -1.95. The summed E-state index contributed by atoms with van der Waals surface area (Å²) >= 11 is 0. The van der Waals surface area contributed by atoms with Crippen molar-refractivity contribution in [2.24, 2.45) is 0 Å². The number of aliphatic carboxylic acids is 1. The molecule has 0 radical (unpaired) electrons. The Kier molecular flexibility index (Phi) is 6.20. The second-order valence-electron chi connectivity index (χ2n) is 5.53. The smallest absolute Gasteiger partial charge is 0.351 e. The number of hydrogen-bond acceptors (Lipinski definition) is 8. The summed E-state index contributed by atoms with van der Waals surface area (Å²) in [5.41, 5.74) is -0.835. The number of carboxylic acids is 1. The number of aliphatic hydroxyl groups excluding tert-OH is 3. The molecule has 5 N–H and O–H groups in total. The summed E-state index contributed by atoms with van der Waals surface area (Å²) < 4.78 is 6.16. The van der Waals surface area contributed by atoms with Crippen molar-refractivity contribution in [3.05, 3.63) is 22.7 Å². The number of ether oxygens (including phenoxy) is 1. The lowest BCUT2D eigenvalue weighted by atomic mass is 10.1. The number of amides is 1. The molecule has 2 rings (SSSR count). The van der Waals surface area contributed by atoms with Crippen LogP contribution in [0.4, 0.5) is 5.82 Å². The van der Waals surface area contributed by atoms with Gasteiger partial charge in [-0.15, -0.1) is 0 Å². The van der Waals surface area contributed by atoms with Crippen LogP contribution in [0.3, 0.4) is 0 Å². The van der Waals surface area contributed by atoms with E-state index in [1.165, 1.54) is 12.3 Å². The lowest BCUT2D eigenvalue weighted by molar-refractivity contribution is -0.137. The van der Waals surface area contributed by atoms with Crippen molar-refractivity contribution in [2.45, 2.75) is 43.8 Å². The van der Waals surface area contributed by atoms with Crippen LogP contribution in [0.2, 0.25) is 0 Å². The predicted molar refractivity (Wildman–Crippen MR) is 81.6 cm³/mol. The van der Waals surface area contributed by atoms with Gasteiger partial charge in [-0.2, -0.15) is 4.98 Å². The molecule has 25 heavy (non-hydrogen) atoms. The van der Waals surface area contributed by atoms with Crippen LogP contribution >= 0.6 is 0 Å². The Morgan fingerprint density at radius 3 is 2.56 bits per heavy atom. The van der Waals surface area contributed by atoms with Crippen LogP contribution < -0.4 is 11.0 Å². The standard InChI is InChI=1S/C14H19N3O8/c18-6-7-11(22)12(23)13(25-7)17-5-4-8(16-14(17)24)15-9(19)2-1-3-10(20)21/h4-5,7,11-13,18,22-23H,1-3,6H2,(H,20,21)(H,15,16,19,24). The van der Waals surface area contributed by atoms with E-state index < -0.39 is 48.7 Å². The van der Waals surface area contributed by atoms with Crippen molar-refractivity contribution in [2.75, 3.05) is 11.9 Å². The quantitative estimate of drug-likeness (QED) is 0.372. The van der Waals surface area contributed by atoms with E-state index in [9.17, 15) is 24.6 Å². The van der Waals surface area contributed by atoms with Gasteiger partial charge in [-0.25, -0.2) is 4.79 Å². The summed E-state index contributed by atoms with van der Waals surface area (Å²) in [5, 5.41) is 39.5. The Bertz CT molecular complexity index is 691. The number of aliphatic hydroxyl groups is 3. The first-order valence-electron chi connectivity index (χ1n) is 7.56. The molecule has 4 unspecified atom stereocenters. The average Bonchev–Trinajstić information content (AvgIpc) is 2.82. The number of nitrogens with zero attached hydrogens (tertiary/aromatic N) is 2. The number of hydrogen-bond donors (Lipinski definition) is 5. The minimum absolute atomic E-state index is 0.0340. The van der Waals surface area contributed by atoms with Gasteiger partial charge >= 0.3 is 11.7 Å². The van der Waals surface area contributed by atoms with Crippen LogP contribution in [-0.4, -0.2) is 66.8 Å². The van der Waals surface area contributed by atoms with Crippen molar-refractivity contribution in [3.63, 3.8) is 0 Å². The molecule has 1 fully saturated rings. The van der Waals surface area contributed by atoms with Crippen LogP contribution in [0.15, 0.2) is 17.1 Å². The molecular formula is C14H19N3O8. The number of carbonyl (C=O) groups is 2. The van der Waals surface area contributed by atoms with Crippen LogP contribution in [0.5, 0.6) is 0 Å². The number of aromatic nitrogens is 2. The molecule has 0 spiro atoms. The third-order valence-electron chi connectivity index (χ3n) is 3.68. The van der Waals surface area contributed by atoms with Crippen molar-refractivity contribution < 1.29 is 34.8 Å². The van der Waals surface area contributed by atoms with Gasteiger partial charge in [-0.1, -0.05) is 0 Å². The molecule has 4 atom stereocenters. The van der Waals surface area contributed by atoms with E-state index in [0.29, 0.717) is 0 Å². The van der Waals surface area contributed by atoms with E-state index in [2.05, 4.69) is 10.3 Å². The molecule has 0 saturated carbocycles. The molecule has 138 valence electrons. The van der Waals surface area contributed by atoms with Crippen molar-refractivity contribution in [1.82, 2.24) is 9.55 Å². The van der Waals surface area contributed by atoms with Gasteiger partial charge in [0.05, 0.1) is 6.61 Å². The SMILES string of the molecule is O=C(O)CCCC(=O)Nc1ccn(C2OC(CO)C(O)C2O)c(=O)n1. The van der Waals surface area contributed by atoms with Crippen LogP contribution in [-0.2, 0) is 14.3 Å². The Morgan fingerprint density at radius 1 is 1.28 bits per heavy atom. The fourth-order valence-corrected chi connectivity index (χ4v) is 2.39. The van der Waals surface area contributed by atoms with Gasteiger partial charge in [0.1, 0.15) is 24.1 Å². The molecule has 1 aliphatic heterocycles. The molecular weight excluding hydrogens is 338 g/mol. The summed E-state index contributed by atoms with van der Waals surface area (Å²) in [7, 11) is 0. The number of rotatable bonds is 7. The first-order chi connectivity index (χ1) is 11.8. The molecule has 11 nitrogen and oxygen atoms in total. The van der Waals surface area contributed by atoms with Gasteiger partial charge in [0.2, 0.25) is 5.91 Å². The van der Waals surface area contributed by atoms with E-state index in [0.717, 1.165) is 4.57 Å². The monoisotopic (exact) mass is 357 g/mol. The minimum Gasteiger partial charge on any atom is -0.481 e. The molecule has 2 heterocycles. The third kappa shape index (κ3) is 4.60. The summed E-state index contributed by atoms with van der Waals surface area (Å²) in [6.45, 7) is -0.526. The minimum atomic E-state index is -1.42. The Labute approximate surface area is 141 Å². The van der Waals surface area contributed by atoms with Crippen molar-refractivity contribution in [1.29, 1.82) is 0 Å². The first kappa shape index (κ1) is 19.0. The summed E-state index contributed by atoms with van der Waals surface area (Å²) in [6.07, 6.45) is -3.82. The first-order valence-corrected chi connectivity index (χ1v) is 7.56. The highest BCUT2D eigenvalue weighted by Crippen LogP contribution is 2.28. The lowest BCUT2D eigenvalue weighted by Crippen LogP contribution is -2.36. The van der Waals surface area contributed by atoms with Crippen LogP contribution in [0, 0.1) is 0 Å². The Hall–Kier alpha value is -2.34. The summed E-state index contributed by atoms with van der Waals surface area (Å²) in [5.74, 6) is -1.53. The molecule has 1 amide bonds. The topological polar surface area (TPSA) is 171 Å². The molecule has 0 aliphatic carbocycles. The van der Waals surface area contributed by atoms with E-state index in [-0.39, 0.29) is 25.1 Å². The number of anilines is 1. The average molecular weight is 357 g/mol. The zero-order valence-electron chi connectivity index (χ0n) is 13.1. The molecule has 1 saturated heterocycles. The third-order valence-corrected chi connectivity index (χ3v) is 3.68. The highest BCUT2D eigenvalue weighted by atomic mass is 16.6. The normalized spacial score (nSPS) is 25.7. The van der Waals surface area contributed by atoms with Crippen molar-refractivity contribution in [3.8, 4) is 0 Å². The molecule has 1 aromatic rings. The number of nitrogens with one attached hydrogen (secondary N) is 1. The molecule has 1 aliphatic rings. The van der Waals surface area contributed by atoms with Crippen molar-refractivity contribution >= 4 is 17.7 Å². The van der Waals surface area contributed by atoms with Gasteiger partial charge in [0, 0.05) is 19.0 Å².